The Bertz CT molecular complexity index is 1760. The Kier molecular flexibility index (Phi) is 7.28. The van der Waals surface area contributed by atoms with Crippen LogP contribution in [-0.2, 0) is 19.5 Å². The van der Waals surface area contributed by atoms with Crippen molar-refractivity contribution < 1.29 is 8.78 Å². The van der Waals surface area contributed by atoms with E-state index in [1.54, 1.807) is 0 Å². The first kappa shape index (κ1) is 28.1. The van der Waals surface area contributed by atoms with Gasteiger partial charge in [-0.2, -0.15) is 0 Å². The quantitative estimate of drug-likeness (QED) is 0.297. The molecule has 2 aliphatic heterocycles. The average molecular weight is 600 g/mol. The molecule has 1 atom stereocenters. The number of alkyl halides is 2. The van der Waals surface area contributed by atoms with E-state index in [2.05, 4.69) is 27.9 Å². The van der Waals surface area contributed by atoms with Gasteiger partial charge in [-0.05, 0) is 69.1 Å². The van der Waals surface area contributed by atoms with E-state index in [4.69, 9.17) is 11.6 Å². The van der Waals surface area contributed by atoms with Crippen LogP contribution in [0.15, 0.2) is 46.2 Å². The second-order valence-corrected chi connectivity index (χ2v) is 13.0. The lowest BCUT2D eigenvalue weighted by Gasteiger charge is -2.38. The van der Waals surface area contributed by atoms with Crippen molar-refractivity contribution in [2.75, 3.05) is 31.6 Å². The Morgan fingerprint density at radius 1 is 1.20 bits per heavy atom. The predicted octanol–water partition coefficient (Wildman–Crippen LogP) is 5.41. The van der Waals surface area contributed by atoms with Crippen molar-refractivity contribution >= 4 is 38.8 Å². The summed E-state index contributed by atoms with van der Waals surface area (Å²) in [6.45, 7) is 5.04. The molecule has 0 amide bonds. The van der Waals surface area contributed by atoms with Crippen molar-refractivity contribution in [2.24, 2.45) is 0 Å². The lowest BCUT2D eigenvalue weighted by molar-refractivity contribution is 0.00222. The number of anilines is 1. The third-order valence-corrected chi connectivity index (χ3v) is 9.39. The molecule has 0 N–H and O–H groups in total. The molecule has 2 aliphatic rings. The van der Waals surface area contributed by atoms with Crippen molar-refractivity contribution in [1.82, 2.24) is 19.0 Å². The molecule has 216 valence electrons. The highest BCUT2D eigenvalue weighted by atomic mass is 35.5. The van der Waals surface area contributed by atoms with Crippen LogP contribution in [-0.4, -0.2) is 57.7 Å². The van der Waals surface area contributed by atoms with Crippen LogP contribution in [0.25, 0.3) is 21.3 Å². The van der Waals surface area contributed by atoms with Crippen LogP contribution in [0.3, 0.4) is 0 Å². The summed E-state index contributed by atoms with van der Waals surface area (Å²) in [6, 6.07) is 7.59. The first-order chi connectivity index (χ1) is 19.5. The van der Waals surface area contributed by atoms with Crippen molar-refractivity contribution in [3.63, 3.8) is 0 Å². The molecule has 7 nitrogen and oxygen atoms in total. The summed E-state index contributed by atoms with van der Waals surface area (Å²) in [6.07, 6.45) is 6.13. The minimum absolute atomic E-state index is 0.0263. The Hall–Kier alpha value is -3.08. The van der Waals surface area contributed by atoms with Crippen molar-refractivity contribution in [3.05, 3.63) is 78.5 Å². The minimum Gasteiger partial charge on any atom is -0.366 e. The summed E-state index contributed by atoms with van der Waals surface area (Å²) < 4.78 is 30.1. The molecule has 4 aromatic rings. The second-order valence-electron chi connectivity index (χ2n) is 11.4. The first-order valence-electron chi connectivity index (χ1n) is 13.8. The van der Waals surface area contributed by atoms with Gasteiger partial charge in [0, 0.05) is 71.2 Å². The van der Waals surface area contributed by atoms with E-state index < -0.39 is 23.7 Å². The second kappa shape index (κ2) is 10.6. The molecular formula is C30H32ClF2N5O2S. The van der Waals surface area contributed by atoms with Gasteiger partial charge in [0.1, 0.15) is 0 Å². The van der Waals surface area contributed by atoms with Gasteiger partial charge in [0.25, 0.3) is 11.5 Å². The number of fused-ring (bicyclic) bond motifs is 2. The van der Waals surface area contributed by atoms with E-state index in [1.165, 1.54) is 22.6 Å². The summed E-state index contributed by atoms with van der Waals surface area (Å²) in [5.74, 6) is -3.09. The average Bonchev–Trinajstić information content (AvgIpc) is 3.52. The number of pyridine rings is 1. The highest BCUT2D eigenvalue weighted by Gasteiger charge is 2.32. The number of aromatic nitrogens is 3. The molecule has 3 aromatic heterocycles. The Morgan fingerprint density at radius 2 is 2.00 bits per heavy atom. The van der Waals surface area contributed by atoms with Gasteiger partial charge < -0.3 is 9.80 Å². The first-order valence-corrected chi connectivity index (χ1v) is 15.0. The number of halogens is 3. The van der Waals surface area contributed by atoms with E-state index in [1.807, 2.05) is 25.3 Å². The predicted molar refractivity (Wildman–Crippen MR) is 161 cm³/mol. The third kappa shape index (κ3) is 5.45. The molecule has 0 unspecified atom stereocenters. The summed E-state index contributed by atoms with van der Waals surface area (Å²) >= 11 is 8.17. The summed E-state index contributed by atoms with van der Waals surface area (Å²) in [7, 11) is 2.16. The monoisotopic (exact) mass is 599 g/mol. The molecule has 11 heteroatoms. The molecule has 1 fully saturated rings. The van der Waals surface area contributed by atoms with Gasteiger partial charge in [-0.3, -0.25) is 18.9 Å². The van der Waals surface area contributed by atoms with E-state index in [9.17, 15) is 18.4 Å². The molecule has 0 aliphatic carbocycles. The number of likely N-dealkylation sites (tertiary alicyclic amines) is 1. The number of hydrogen-bond donors (Lipinski definition) is 0. The molecule has 1 aromatic carbocycles. The summed E-state index contributed by atoms with van der Waals surface area (Å²) in [5.41, 5.74) is 5.07. The van der Waals surface area contributed by atoms with E-state index >= 15 is 0 Å². The van der Waals surface area contributed by atoms with Crippen LogP contribution in [0.1, 0.15) is 35.8 Å². The lowest BCUT2D eigenvalue weighted by atomic mass is 9.91. The molecule has 6 rings (SSSR count). The number of benzene rings is 1. The molecular weight excluding hydrogens is 568 g/mol. The van der Waals surface area contributed by atoms with Crippen LogP contribution in [0.4, 0.5) is 14.5 Å². The smallest absolute Gasteiger partial charge is 0.331 e. The number of aryl methyl sites for hydroxylation is 2. The van der Waals surface area contributed by atoms with E-state index in [-0.39, 0.29) is 6.54 Å². The Balaban J connectivity index is 1.46. The minimum atomic E-state index is -3.09. The maximum Gasteiger partial charge on any atom is 0.331 e. The third-order valence-electron chi connectivity index (χ3n) is 8.05. The van der Waals surface area contributed by atoms with Crippen LogP contribution in [0.5, 0.6) is 0 Å². The highest BCUT2D eigenvalue weighted by molar-refractivity contribution is 7.19. The zero-order valence-electron chi connectivity index (χ0n) is 23.3. The SMILES string of the molecule is Cc1cnc2cc(Cn3c(=O)ccn(CC(C)(F)F)c3=O)sc2c1-c1cc(Cl)cc2c1N([C@H]1CCN(C)C1)CCC2. The van der Waals surface area contributed by atoms with Gasteiger partial charge in [0.05, 0.1) is 23.3 Å². The Labute approximate surface area is 245 Å². The molecule has 41 heavy (non-hydrogen) atoms. The zero-order chi connectivity index (χ0) is 29.1. The number of likely N-dealkylation sites (N-methyl/N-ethyl adjacent to an activating group) is 1. The number of nitrogens with zero attached hydrogens (tertiary/aromatic N) is 5. The fourth-order valence-corrected chi connectivity index (χ4v) is 7.72. The van der Waals surface area contributed by atoms with E-state index in [0.29, 0.717) is 11.1 Å². The topological polar surface area (TPSA) is 63.4 Å². The Morgan fingerprint density at radius 3 is 2.73 bits per heavy atom. The van der Waals surface area contributed by atoms with Crippen LogP contribution >= 0.6 is 22.9 Å². The van der Waals surface area contributed by atoms with Crippen LogP contribution < -0.4 is 16.1 Å². The van der Waals surface area contributed by atoms with Crippen molar-refractivity contribution in [2.45, 2.75) is 58.2 Å². The lowest BCUT2D eigenvalue weighted by Crippen LogP contribution is -2.41. The number of hydrogen-bond acceptors (Lipinski definition) is 6. The molecule has 5 heterocycles. The maximum atomic E-state index is 13.7. The van der Waals surface area contributed by atoms with E-state index in [0.717, 1.165) is 99.0 Å². The molecule has 0 radical (unpaired) electrons. The summed E-state index contributed by atoms with van der Waals surface area (Å²) in [5, 5.41) is 0.689. The van der Waals surface area contributed by atoms with Gasteiger partial charge in [0.2, 0.25) is 0 Å². The zero-order valence-corrected chi connectivity index (χ0v) is 24.9. The molecule has 0 spiro atoms. The van der Waals surface area contributed by atoms with Crippen molar-refractivity contribution in [1.29, 1.82) is 0 Å². The van der Waals surface area contributed by atoms with Crippen LogP contribution in [0.2, 0.25) is 5.02 Å². The van der Waals surface area contributed by atoms with Gasteiger partial charge in [-0.15, -0.1) is 11.3 Å². The largest absolute Gasteiger partial charge is 0.366 e. The van der Waals surface area contributed by atoms with Gasteiger partial charge in [-0.1, -0.05) is 11.6 Å². The number of thiophene rings is 1. The standard InChI is InChI=1S/C30H32ClF2N5O2S/c1-18-14-34-24-13-22(16-38-25(39)7-10-36(29(38)40)17-30(2,32)33)41-28(24)26(18)23-12-20(31)11-19-5-4-8-37(27(19)23)21-6-9-35(3)15-21/h7,10-14,21H,4-6,8-9,15-17H2,1-3H3/t21-/m0/s1. The fourth-order valence-electron chi connectivity index (χ4n) is 6.27. The van der Waals surface area contributed by atoms with Crippen LogP contribution in [0, 0.1) is 6.92 Å². The normalized spacial score (nSPS) is 17.9. The molecule has 0 bridgehead atoms. The fraction of sp³-hybridized carbons (Fsp3) is 0.433. The van der Waals surface area contributed by atoms with Gasteiger partial charge in [0.15, 0.2) is 0 Å². The van der Waals surface area contributed by atoms with Gasteiger partial charge >= 0.3 is 5.69 Å². The summed E-state index contributed by atoms with van der Waals surface area (Å²) in [4.78, 5) is 35.9. The highest BCUT2D eigenvalue weighted by Crippen LogP contribution is 2.46. The maximum absolute atomic E-state index is 13.7. The van der Waals surface area contributed by atoms with Gasteiger partial charge in [-0.25, -0.2) is 13.6 Å². The molecule has 1 saturated heterocycles. The van der Waals surface area contributed by atoms with Crippen molar-refractivity contribution in [3.8, 4) is 11.1 Å². The molecule has 0 saturated carbocycles. The number of rotatable bonds is 6.